The number of β-lactam (4-membered cyclic amide) rings is 1. The fourth-order valence-corrected chi connectivity index (χ4v) is 5.96. The van der Waals surface area contributed by atoms with Crippen molar-refractivity contribution in [3.63, 3.8) is 0 Å². The molecule has 5 rings (SSSR count). The number of hydrogen-bond donors (Lipinski definition) is 3. The maximum absolute atomic E-state index is 13.6. The largest absolute Gasteiger partial charge is 0.507 e. The summed E-state index contributed by atoms with van der Waals surface area (Å²) in [7, 11) is 0. The molecule has 0 bridgehead atoms. The summed E-state index contributed by atoms with van der Waals surface area (Å²) < 4.78 is 5.96. The molecule has 2 aliphatic rings. The fraction of sp³-hybridized carbons (Fsp3) is 0.179. The minimum Gasteiger partial charge on any atom is -0.507 e. The molecule has 1 saturated heterocycles. The highest BCUT2D eigenvalue weighted by Gasteiger charge is 2.54. The Kier molecular flexibility index (Phi) is 7.42. The molecule has 0 aromatic heterocycles. The highest BCUT2D eigenvalue weighted by atomic mass is 35.5. The van der Waals surface area contributed by atoms with Crippen LogP contribution in [0.25, 0.3) is 0 Å². The number of ether oxygens (including phenoxy) is 1. The summed E-state index contributed by atoms with van der Waals surface area (Å²) in [6, 6.07) is 21.6. The highest BCUT2D eigenvalue weighted by Crippen LogP contribution is 2.41. The standard InChI is InChI=1S/C28H23ClN2O6S/c29-19-11-12-20(21(33)13-19)25(34)30-22-26(35)31-23(18(14-32)15-38-27(22)31)28(36)37-24(16-7-3-1-4-8-16)17-9-5-2-6-10-17/h1-13,22,24,27,32-33H,14-15H2,(H,30,34)/t22?,27-/m1/s1. The number of hydrogen-bond acceptors (Lipinski definition) is 7. The first-order valence-corrected chi connectivity index (χ1v) is 13.2. The van der Waals surface area contributed by atoms with Crippen molar-refractivity contribution in [2.75, 3.05) is 12.4 Å². The molecule has 3 N–H and O–H groups in total. The number of benzene rings is 3. The van der Waals surface area contributed by atoms with Gasteiger partial charge in [-0.15, -0.1) is 11.8 Å². The number of rotatable bonds is 7. The molecule has 8 nitrogen and oxygen atoms in total. The number of carbonyl (C=O) groups excluding carboxylic acids is 3. The van der Waals surface area contributed by atoms with Crippen molar-refractivity contribution in [1.29, 1.82) is 0 Å². The Morgan fingerprint density at radius 2 is 1.68 bits per heavy atom. The molecule has 1 fully saturated rings. The third-order valence-electron chi connectivity index (χ3n) is 6.35. The van der Waals surface area contributed by atoms with Crippen LogP contribution in [-0.4, -0.2) is 56.7 Å². The van der Waals surface area contributed by atoms with Gasteiger partial charge in [0.25, 0.3) is 11.8 Å². The molecule has 3 aromatic rings. The van der Waals surface area contributed by atoms with E-state index in [4.69, 9.17) is 16.3 Å². The van der Waals surface area contributed by atoms with Gasteiger partial charge in [0.1, 0.15) is 22.9 Å². The molecular weight excluding hydrogens is 528 g/mol. The molecule has 2 amide bonds. The number of carbonyl (C=O) groups is 3. The van der Waals surface area contributed by atoms with Crippen LogP contribution in [0.2, 0.25) is 5.02 Å². The first kappa shape index (κ1) is 25.8. The fourth-order valence-electron chi connectivity index (χ4n) is 4.46. The number of nitrogens with zero attached hydrogens (tertiary/aromatic N) is 1. The zero-order valence-corrected chi connectivity index (χ0v) is 21.5. The number of phenols is 1. The van der Waals surface area contributed by atoms with Crippen LogP contribution < -0.4 is 5.32 Å². The highest BCUT2D eigenvalue weighted by molar-refractivity contribution is 8.00. The van der Waals surface area contributed by atoms with Crippen LogP contribution in [0, 0.1) is 0 Å². The molecule has 1 unspecified atom stereocenters. The van der Waals surface area contributed by atoms with E-state index < -0.39 is 41.9 Å². The summed E-state index contributed by atoms with van der Waals surface area (Å²) in [5.74, 6) is -1.94. The van der Waals surface area contributed by atoms with Crippen molar-refractivity contribution >= 4 is 41.1 Å². The third-order valence-corrected chi connectivity index (χ3v) is 7.93. The number of halogens is 1. The van der Waals surface area contributed by atoms with Crippen LogP contribution >= 0.6 is 23.4 Å². The Morgan fingerprint density at radius 3 is 2.26 bits per heavy atom. The van der Waals surface area contributed by atoms with Crippen LogP contribution in [0.1, 0.15) is 27.6 Å². The predicted octanol–water partition coefficient (Wildman–Crippen LogP) is 3.64. The van der Waals surface area contributed by atoms with Gasteiger partial charge in [0.15, 0.2) is 6.10 Å². The quantitative estimate of drug-likeness (QED) is 0.304. The average molecular weight is 551 g/mol. The van der Waals surface area contributed by atoms with Gasteiger partial charge >= 0.3 is 5.97 Å². The Hall–Kier alpha value is -3.79. The SMILES string of the molecule is O=C(OC(c1ccccc1)c1ccccc1)C1=C(CO)CS[C@@H]2C(NC(=O)c3ccc(Cl)cc3O)C(=O)N12. The first-order chi connectivity index (χ1) is 18.4. The summed E-state index contributed by atoms with van der Waals surface area (Å²) in [5.41, 5.74) is 1.83. The van der Waals surface area contributed by atoms with E-state index in [9.17, 15) is 24.6 Å². The van der Waals surface area contributed by atoms with Gasteiger partial charge in [0.2, 0.25) is 0 Å². The summed E-state index contributed by atoms with van der Waals surface area (Å²) in [5, 5.41) is 22.4. The monoisotopic (exact) mass is 550 g/mol. The second kappa shape index (κ2) is 10.9. The lowest BCUT2D eigenvalue weighted by atomic mass is 10.0. The Labute approximate surface area is 227 Å². The number of amides is 2. The Bertz CT molecular complexity index is 1380. The second-order valence-corrected chi connectivity index (χ2v) is 10.3. The number of fused-ring (bicyclic) bond motifs is 1. The lowest BCUT2D eigenvalue weighted by Gasteiger charge is -2.49. The lowest BCUT2D eigenvalue weighted by molar-refractivity contribution is -0.153. The van der Waals surface area contributed by atoms with Crippen molar-refractivity contribution in [2.24, 2.45) is 0 Å². The molecule has 194 valence electrons. The van der Waals surface area contributed by atoms with E-state index in [1.165, 1.54) is 34.9 Å². The average Bonchev–Trinajstić information content (AvgIpc) is 2.94. The van der Waals surface area contributed by atoms with Crippen molar-refractivity contribution in [3.8, 4) is 5.75 Å². The van der Waals surface area contributed by atoms with Gasteiger partial charge in [0, 0.05) is 10.8 Å². The van der Waals surface area contributed by atoms with Crippen molar-refractivity contribution in [2.45, 2.75) is 17.5 Å². The number of aliphatic hydroxyl groups excluding tert-OH is 1. The van der Waals surface area contributed by atoms with Crippen LogP contribution in [0.3, 0.4) is 0 Å². The van der Waals surface area contributed by atoms with Gasteiger partial charge in [-0.3, -0.25) is 14.5 Å². The number of phenolic OH excluding ortho intramolecular Hbond substituents is 1. The smallest absolute Gasteiger partial charge is 0.356 e. The summed E-state index contributed by atoms with van der Waals surface area (Å²) >= 11 is 7.16. The van der Waals surface area contributed by atoms with Gasteiger partial charge in [-0.1, -0.05) is 72.3 Å². The molecule has 3 aromatic carbocycles. The molecule has 0 spiro atoms. The zero-order valence-electron chi connectivity index (χ0n) is 19.9. The zero-order chi connectivity index (χ0) is 26.8. The number of aromatic hydroxyl groups is 1. The molecule has 0 radical (unpaired) electrons. The molecule has 10 heteroatoms. The molecule has 2 atom stereocenters. The van der Waals surface area contributed by atoms with Crippen LogP contribution in [0.5, 0.6) is 5.75 Å². The summed E-state index contributed by atoms with van der Waals surface area (Å²) in [4.78, 5) is 40.8. The molecule has 2 aliphatic heterocycles. The number of nitrogens with one attached hydrogen (secondary N) is 1. The molecule has 0 saturated carbocycles. The van der Waals surface area contributed by atoms with Crippen LogP contribution in [0.4, 0.5) is 0 Å². The van der Waals surface area contributed by atoms with Gasteiger partial charge in [-0.2, -0.15) is 0 Å². The van der Waals surface area contributed by atoms with Gasteiger partial charge in [-0.25, -0.2) is 4.79 Å². The van der Waals surface area contributed by atoms with E-state index in [2.05, 4.69) is 5.32 Å². The van der Waals surface area contributed by atoms with E-state index in [1.807, 2.05) is 60.7 Å². The van der Waals surface area contributed by atoms with Crippen molar-refractivity contribution in [3.05, 3.63) is 112 Å². The number of aliphatic hydroxyl groups is 1. The number of thioether (sulfide) groups is 1. The van der Waals surface area contributed by atoms with E-state index in [-0.39, 0.29) is 27.8 Å². The molecule has 0 aliphatic carbocycles. The van der Waals surface area contributed by atoms with Gasteiger partial charge in [0.05, 0.1) is 12.2 Å². The lowest BCUT2D eigenvalue weighted by Crippen LogP contribution is -2.70. The number of esters is 1. The minimum absolute atomic E-state index is 0.0158. The van der Waals surface area contributed by atoms with Crippen molar-refractivity contribution < 1.29 is 29.3 Å². The molecular formula is C28H23ClN2O6S. The topological polar surface area (TPSA) is 116 Å². The van der Waals surface area contributed by atoms with E-state index >= 15 is 0 Å². The van der Waals surface area contributed by atoms with Crippen LogP contribution in [0.15, 0.2) is 90.1 Å². The van der Waals surface area contributed by atoms with E-state index in [1.54, 1.807) is 0 Å². The van der Waals surface area contributed by atoms with Crippen molar-refractivity contribution in [1.82, 2.24) is 10.2 Å². The third kappa shape index (κ3) is 4.88. The Morgan fingerprint density at radius 1 is 1.05 bits per heavy atom. The summed E-state index contributed by atoms with van der Waals surface area (Å²) in [6.07, 6.45) is -0.731. The Balaban J connectivity index is 1.38. The normalized spacial score (nSPS) is 18.6. The first-order valence-electron chi connectivity index (χ1n) is 11.8. The summed E-state index contributed by atoms with van der Waals surface area (Å²) in [6.45, 7) is -0.426. The minimum atomic E-state index is -0.926. The van der Waals surface area contributed by atoms with Gasteiger partial charge in [-0.05, 0) is 34.9 Å². The van der Waals surface area contributed by atoms with Crippen LogP contribution in [-0.2, 0) is 14.3 Å². The van der Waals surface area contributed by atoms with E-state index in [0.29, 0.717) is 5.57 Å². The maximum Gasteiger partial charge on any atom is 0.356 e. The maximum atomic E-state index is 13.6. The molecule has 2 heterocycles. The van der Waals surface area contributed by atoms with E-state index in [0.717, 1.165) is 11.1 Å². The predicted molar refractivity (Wildman–Crippen MR) is 142 cm³/mol. The molecule has 38 heavy (non-hydrogen) atoms. The second-order valence-electron chi connectivity index (χ2n) is 8.74. The van der Waals surface area contributed by atoms with Gasteiger partial charge < -0.3 is 20.3 Å².